The third kappa shape index (κ3) is 4.11. The number of carbonyl (C=O) groups excluding carboxylic acids is 1. The minimum atomic E-state index is -3.88. The third-order valence-corrected chi connectivity index (χ3v) is 6.68. The van der Waals surface area contributed by atoms with Crippen LogP contribution < -0.4 is 11.0 Å². The number of nitriles is 1. The van der Waals surface area contributed by atoms with Gasteiger partial charge >= 0.3 is 0 Å². The average Bonchev–Trinajstić information content (AvgIpc) is 2.65. The van der Waals surface area contributed by atoms with Gasteiger partial charge in [0.2, 0.25) is 0 Å². The summed E-state index contributed by atoms with van der Waals surface area (Å²) in [7, 11) is -3.88. The van der Waals surface area contributed by atoms with Gasteiger partial charge in [0.05, 0.1) is 5.56 Å². The van der Waals surface area contributed by atoms with Crippen molar-refractivity contribution in [1.82, 2.24) is 10.0 Å². The van der Waals surface area contributed by atoms with Crippen LogP contribution in [-0.2, 0) is 21.2 Å². The van der Waals surface area contributed by atoms with Crippen LogP contribution in [0.15, 0.2) is 41.3 Å². The molecule has 0 saturated carbocycles. The van der Waals surface area contributed by atoms with Gasteiger partial charge in [-0.3, -0.25) is 14.8 Å². The lowest BCUT2D eigenvalue weighted by Gasteiger charge is -2.25. The summed E-state index contributed by atoms with van der Waals surface area (Å²) in [6, 6.07) is 8.44. The zero-order valence-corrected chi connectivity index (χ0v) is 16.0. The Balaban J connectivity index is 2.30. The first-order valence-electron chi connectivity index (χ1n) is 8.08. The molecule has 0 aliphatic rings. The fourth-order valence-electron chi connectivity index (χ4n) is 2.58. The van der Waals surface area contributed by atoms with Gasteiger partial charge in [-0.1, -0.05) is 6.07 Å². The van der Waals surface area contributed by atoms with Crippen LogP contribution >= 0.6 is 0 Å². The molecule has 148 valence electrons. The monoisotopic (exact) mass is 407 g/mol. The van der Waals surface area contributed by atoms with Crippen molar-refractivity contribution in [3.05, 3.63) is 58.3 Å². The molecule has 0 fully saturated rings. The number of halogens is 1. The van der Waals surface area contributed by atoms with Crippen molar-refractivity contribution in [1.29, 1.82) is 5.26 Å². The molecule has 1 aromatic carbocycles. The predicted octanol–water partition coefficient (Wildman–Crippen LogP) is 1.22. The lowest BCUT2D eigenvalue weighted by molar-refractivity contribution is -0.131. The number of aromatic nitrogens is 1. The van der Waals surface area contributed by atoms with E-state index in [0.717, 1.165) is 19.2 Å². The van der Waals surface area contributed by atoms with Crippen LogP contribution in [0.3, 0.4) is 0 Å². The summed E-state index contributed by atoms with van der Waals surface area (Å²) in [6.07, 6.45) is 2.02. The number of amides is 1. The molecule has 0 saturated heterocycles. The summed E-state index contributed by atoms with van der Waals surface area (Å²) in [5.74, 6) is -1.80. The molecule has 1 heterocycles. The van der Waals surface area contributed by atoms with E-state index in [2.05, 4.69) is 0 Å². The highest BCUT2D eigenvalue weighted by Gasteiger charge is 2.43. The Morgan fingerprint density at radius 3 is 2.46 bits per heavy atom. The molecule has 2 aromatic rings. The number of hydrogen-bond donors (Lipinski definition) is 2. The minimum Gasteiger partial charge on any atom is -0.315 e. The van der Waals surface area contributed by atoms with E-state index in [1.807, 2.05) is 0 Å². The van der Waals surface area contributed by atoms with Crippen LogP contribution in [-0.4, -0.2) is 35.1 Å². The van der Waals surface area contributed by atoms with Gasteiger partial charge in [-0.25, -0.2) is 18.3 Å². The lowest BCUT2D eigenvalue weighted by atomic mass is 10.0. The number of carbonyl (C=O) groups is 1. The van der Waals surface area contributed by atoms with Gasteiger partial charge < -0.3 is 4.57 Å². The number of aryl methyl sites for hydroxylation is 1. The summed E-state index contributed by atoms with van der Waals surface area (Å²) in [5, 5.41) is 17.6. The van der Waals surface area contributed by atoms with E-state index in [0.29, 0.717) is 11.1 Å². The quantitative estimate of drug-likeness (QED) is 0.547. The smallest absolute Gasteiger partial charge is 0.264 e. The maximum atomic E-state index is 13.8. The van der Waals surface area contributed by atoms with Gasteiger partial charge in [-0.15, -0.1) is 0 Å². The standard InChI is InChI=1S/C18H18FN3O5S/c1-18(17(24)21-25,28(2,26)27)6-8-22-7-5-13(10-16(22)23)12-3-4-14(11-20)15(19)9-12/h3-5,7,9-10,25H,6,8H2,1-2H3,(H,21,24). The molecule has 28 heavy (non-hydrogen) atoms. The van der Waals surface area contributed by atoms with Crippen LogP contribution in [0.25, 0.3) is 11.1 Å². The van der Waals surface area contributed by atoms with Crippen molar-refractivity contribution in [2.24, 2.45) is 0 Å². The third-order valence-electron chi connectivity index (χ3n) is 4.65. The molecule has 1 amide bonds. The van der Waals surface area contributed by atoms with Gasteiger partial charge in [-0.2, -0.15) is 5.26 Å². The van der Waals surface area contributed by atoms with Crippen molar-refractivity contribution in [3.8, 4) is 17.2 Å². The second-order valence-electron chi connectivity index (χ2n) is 6.45. The normalized spacial score (nSPS) is 13.4. The molecule has 0 aliphatic carbocycles. The molecule has 8 nitrogen and oxygen atoms in total. The van der Waals surface area contributed by atoms with E-state index in [-0.39, 0.29) is 18.5 Å². The number of sulfone groups is 1. The number of benzene rings is 1. The zero-order chi connectivity index (χ0) is 21.1. The first-order valence-corrected chi connectivity index (χ1v) is 9.97. The highest BCUT2D eigenvalue weighted by molar-refractivity contribution is 7.92. The fraction of sp³-hybridized carbons (Fsp3) is 0.278. The Morgan fingerprint density at radius 2 is 1.96 bits per heavy atom. The van der Waals surface area contributed by atoms with E-state index in [4.69, 9.17) is 10.5 Å². The fourth-order valence-corrected chi connectivity index (χ4v) is 3.42. The van der Waals surface area contributed by atoms with E-state index in [1.165, 1.54) is 40.5 Å². The number of hydroxylamine groups is 1. The molecule has 0 radical (unpaired) electrons. The molecule has 0 spiro atoms. The van der Waals surface area contributed by atoms with Crippen LogP contribution in [0.1, 0.15) is 18.9 Å². The second kappa shape index (κ2) is 7.92. The number of nitrogens with one attached hydrogen (secondary N) is 1. The first kappa shape index (κ1) is 21.3. The highest BCUT2D eigenvalue weighted by Crippen LogP contribution is 2.23. The van der Waals surface area contributed by atoms with Crippen molar-refractivity contribution >= 4 is 15.7 Å². The molecule has 10 heteroatoms. The second-order valence-corrected chi connectivity index (χ2v) is 8.89. The Bertz CT molecular complexity index is 1120. The zero-order valence-electron chi connectivity index (χ0n) is 15.1. The van der Waals surface area contributed by atoms with Gasteiger partial charge in [0, 0.05) is 25.1 Å². The summed E-state index contributed by atoms with van der Waals surface area (Å²) in [4.78, 5) is 24.2. The maximum Gasteiger partial charge on any atom is 0.264 e. The van der Waals surface area contributed by atoms with Crippen molar-refractivity contribution in [2.45, 2.75) is 24.6 Å². The summed E-state index contributed by atoms with van der Waals surface area (Å²) in [6.45, 7) is 1.06. The van der Waals surface area contributed by atoms with Crippen molar-refractivity contribution in [3.63, 3.8) is 0 Å². The van der Waals surface area contributed by atoms with Gasteiger partial charge in [-0.05, 0) is 42.7 Å². The summed E-state index contributed by atoms with van der Waals surface area (Å²) >= 11 is 0. The van der Waals surface area contributed by atoms with Crippen LogP contribution in [0.4, 0.5) is 4.39 Å². The average molecular weight is 407 g/mol. The minimum absolute atomic E-state index is 0.0994. The first-order chi connectivity index (χ1) is 13.0. The number of pyridine rings is 1. The van der Waals surface area contributed by atoms with Crippen molar-refractivity contribution < 1.29 is 22.8 Å². The number of rotatable bonds is 6. The molecule has 1 aromatic heterocycles. The Labute approximate surface area is 160 Å². The van der Waals surface area contributed by atoms with Gasteiger partial charge in [0.25, 0.3) is 11.5 Å². The summed E-state index contributed by atoms with van der Waals surface area (Å²) < 4.78 is 37.0. The van der Waals surface area contributed by atoms with E-state index >= 15 is 0 Å². The Hall–Kier alpha value is -3.03. The number of hydrogen-bond acceptors (Lipinski definition) is 6. The molecular weight excluding hydrogens is 389 g/mol. The molecule has 2 rings (SSSR count). The van der Waals surface area contributed by atoms with E-state index in [9.17, 15) is 22.4 Å². The van der Waals surface area contributed by atoms with E-state index in [1.54, 1.807) is 6.07 Å². The maximum absolute atomic E-state index is 13.8. The topological polar surface area (TPSA) is 129 Å². The van der Waals surface area contributed by atoms with Crippen LogP contribution in [0, 0.1) is 17.1 Å². The van der Waals surface area contributed by atoms with Gasteiger partial charge in [0.1, 0.15) is 11.9 Å². The molecule has 0 bridgehead atoms. The lowest BCUT2D eigenvalue weighted by Crippen LogP contribution is -2.49. The molecule has 1 atom stereocenters. The Morgan fingerprint density at radius 1 is 1.32 bits per heavy atom. The summed E-state index contributed by atoms with van der Waals surface area (Å²) in [5.41, 5.74) is 1.57. The number of nitrogens with zero attached hydrogens (tertiary/aromatic N) is 2. The van der Waals surface area contributed by atoms with Gasteiger partial charge in [0.15, 0.2) is 14.6 Å². The van der Waals surface area contributed by atoms with Crippen LogP contribution in [0.5, 0.6) is 0 Å². The molecule has 0 aliphatic heterocycles. The largest absolute Gasteiger partial charge is 0.315 e. The highest BCUT2D eigenvalue weighted by atomic mass is 32.2. The predicted molar refractivity (Wildman–Crippen MR) is 98.6 cm³/mol. The van der Waals surface area contributed by atoms with Crippen molar-refractivity contribution in [2.75, 3.05) is 6.26 Å². The molecule has 2 N–H and O–H groups in total. The van der Waals surface area contributed by atoms with E-state index < -0.39 is 31.9 Å². The SMILES string of the molecule is CC(CCn1ccc(-c2ccc(C#N)c(F)c2)cc1=O)(C(=O)NO)S(C)(=O)=O. The van der Waals surface area contributed by atoms with Crippen LogP contribution in [0.2, 0.25) is 0 Å². The Kier molecular flexibility index (Phi) is 6.01. The molecular formula is C18H18FN3O5S. The molecule has 1 unspecified atom stereocenters.